The van der Waals surface area contributed by atoms with Crippen LogP contribution in [0.4, 0.5) is 14.9 Å². The van der Waals surface area contributed by atoms with Crippen molar-refractivity contribution in [2.45, 2.75) is 20.4 Å². The van der Waals surface area contributed by atoms with Crippen LogP contribution in [0, 0.1) is 19.7 Å². The molecule has 3 aromatic rings. The zero-order valence-corrected chi connectivity index (χ0v) is 20.9. The van der Waals surface area contributed by atoms with Crippen LogP contribution in [0.3, 0.4) is 0 Å². The summed E-state index contributed by atoms with van der Waals surface area (Å²) >= 11 is 0. The lowest BCUT2D eigenvalue weighted by molar-refractivity contribution is 0.0704. The second kappa shape index (κ2) is 11.8. The van der Waals surface area contributed by atoms with Gasteiger partial charge in [-0.05, 0) is 54.8 Å². The average molecular weight is 489 g/mol. The van der Waals surface area contributed by atoms with Gasteiger partial charge < -0.3 is 15.1 Å². The molecule has 3 amide bonds. The topological polar surface area (TPSA) is 55.9 Å². The maximum absolute atomic E-state index is 13.4. The highest BCUT2D eigenvalue weighted by molar-refractivity contribution is 5.95. The number of aryl methyl sites for hydroxylation is 2. The number of urea groups is 1. The van der Waals surface area contributed by atoms with Crippen molar-refractivity contribution < 1.29 is 14.0 Å². The van der Waals surface area contributed by atoms with E-state index in [1.54, 1.807) is 12.1 Å². The van der Waals surface area contributed by atoms with Gasteiger partial charge in [0, 0.05) is 57.1 Å². The Morgan fingerprint density at radius 1 is 0.861 bits per heavy atom. The molecule has 1 aliphatic heterocycles. The van der Waals surface area contributed by atoms with Crippen LogP contribution in [0.1, 0.15) is 27.0 Å². The van der Waals surface area contributed by atoms with Gasteiger partial charge in [0.1, 0.15) is 5.82 Å². The highest BCUT2D eigenvalue weighted by Crippen LogP contribution is 2.16. The van der Waals surface area contributed by atoms with E-state index >= 15 is 0 Å². The number of rotatable bonds is 7. The molecule has 0 aliphatic carbocycles. The monoisotopic (exact) mass is 488 g/mol. The number of carbonyl (C=O) groups is 2. The Labute approximate surface area is 212 Å². The van der Waals surface area contributed by atoms with E-state index in [-0.39, 0.29) is 17.8 Å². The van der Waals surface area contributed by atoms with Gasteiger partial charge in [-0.2, -0.15) is 0 Å². The number of para-hydroxylation sites is 1. The van der Waals surface area contributed by atoms with Gasteiger partial charge in [0.15, 0.2) is 0 Å². The number of hydrogen-bond donors (Lipinski definition) is 1. The molecule has 0 radical (unpaired) electrons. The molecule has 1 heterocycles. The summed E-state index contributed by atoms with van der Waals surface area (Å²) in [5.41, 5.74) is 4.35. The van der Waals surface area contributed by atoms with E-state index < -0.39 is 0 Å². The van der Waals surface area contributed by atoms with Crippen molar-refractivity contribution in [2.24, 2.45) is 0 Å². The number of amides is 3. The van der Waals surface area contributed by atoms with E-state index in [4.69, 9.17) is 0 Å². The molecule has 1 fully saturated rings. The molecule has 36 heavy (non-hydrogen) atoms. The van der Waals surface area contributed by atoms with Gasteiger partial charge in [0.05, 0.1) is 0 Å². The number of nitrogens with one attached hydrogen (secondary N) is 1. The molecule has 0 atom stereocenters. The van der Waals surface area contributed by atoms with Crippen molar-refractivity contribution in [1.29, 1.82) is 0 Å². The third-order valence-electron chi connectivity index (χ3n) is 6.68. The van der Waals surface area contributed by atoms with Gasteiger partial charge >= 0.3 is 6.03 Å². The van der Waals surface area contributed by atoms with Crippen LogP contribution in [-0.4, -0.2) is 65.9 Å². The number of piperazine rings is 1. The van der Waals surface area contributed by atoms with E-state index in [2.05, 4.69) is 10.2 Å². The maximum atomic E-state index is 13.4. The molecule has 7 heteroatoms. The largest absolute Gasteiger partial charge is 0.333 e. The number of benzene rings is 3. The lowest BCUT2D eigenvalue weighted by atomic mass is 10.1. The van der Waals surface area contributed by atoms with E-state index in [0.29, 0.717) is 38.3 Å². The highest BCUT2D eigenvalue weighted by Gasteiger charge is 2.23. The first kappa shape index (κ1) is 25.4. The van der Waals surface area contributed by atoms with Crippen LogP contribution < -0.4 is 5.32 Å². The van der Waals surface area contributed by atoms with Gasteiger partial charge in [-0.3, -0.25) is 9.69 Å². The Morgan fingerprint density at radius 2 is 1.50 bits per heavy atom. The number of anilines is 1. The number of hydrogen-bond acceptors (Lipinski definition) is 3. The van der Waals surface area contributed by atoms with Gasteiger partial charge in [0.2, 0.25) is 0 Å². The molecule has 188 valence electrons. The molecular formula is C29H33FN4O2. The molecule has 0 spiro atoms. The Balaban J connectivity index is 1.35. The summed E-state index contributed by atoms with van der Waals surface area (Å²) < 4.78 is 13.4. The summed E-state index contributed by atoms with van der Waals surface area (Å²) in [6.45, 7) is 8.29. The lowest BCUT2D eigenvalue weighted by Gasteiger charge is -2.36. The first-order valence-electron chi connectivity index (χ1n) is 12.3. The molecule has 1 saturated heterocycles. The fourth-order valence-electron chi connectivity index (χ4n) is 4.39. The minimum absolute atomic E-state index is 0.0336. The average Bonchev–Trinajstić information content (AvgIpc) is 2.89. The summed E-state index contributed by atoms with van der Waals surface area (Å²) in [6.07, 6.45) is 0. The highest BCUT2D eigenvalue weighted by atomic mass is 19.1. The quantitative estimate of drug-likeness (QED) is 0.513. The molecule has 1 N–H and O–H groups in total. The summed E-state index contributed by atoms with van der Waals surface area (Å²) in [7, 11) is 0. The smallest absolute Gasteiger partial charge is 0.321 e. The first-order valence-corrected chi connectivity index (χ1v) is 12.3. The molecule has 3 aromatic carbocycles. The minimum atomic E-state index is -0.292. The summed E-state index contributed by atoms with van der Waals surface area (Å²) in [6, 6.07) is 21.5. The van der Waals surface area contributed by atoms with E-state index in [9.17, 15) is 14.0 Å². The number of nitrogens with zero attached hydrogens (tertiary/aromatic N) is 3. The Kier molecular flexibility index (Phi) is 8.33. The molecule has 6 nitrogen and oxygen atoms in total. The zero-order valence-electron chi connectivity index (χ0n) is 20.9. The molecule has 4 rings (SSSR count). The van der Waals surface area contributed by atoms with E-state index in [1.165, 1.54) is 12.1 Å². The Bertz CT molecular complexity index is 1190. The van der Waals surface area contributed by atoms with E-state index in [1.807, 2.05) is 72.2 Å². The SMILES string of the molecule is Cc1ccccc1NC(=O)N1CCN(CCN(Cc2ccc(F)cc2)C(=O)c2ccccc2C)CC1. The molecule has 1 aliphatic rings. The second-order valence-corrected chi connectivity index (χ2v) is 9.24. The van der Waals surface area contributed by atoms with Crippen LogP contribution in [-0.2, 0) is 6.54 Å². The maximum Gasteiger partial charge on any atom is 0.321 e. The van der Waals surface area contributed by atoms with Gasteiger partial charge in [-0.15, -0.1) is 0 Å². The molecule has 0 bridgehead atoms. The number of halogens is 1. The predicted molar refractivity (Wildman–Crippen MR) is 141 cm³/mol. The van der Waals surface area contributed by atoms with Crippen LogP contribution in [0.25, 0.3) is 0 Å². The summed E-state index contributed by atoms with van der Waals surface area (Å²) in [5.74, 6) is -0.325. The normalized spacial score (nSPS) is 13.9. The van der Waals surface area contributed by atoms with Crippen molar-refractivity contribution in [3.63, 3.8) is 0 Å². The fourth-order valence-corrected chi connectivity index (χ4v) is 4.39. The zero-order chi connectivity index (χ0) is 25.5. The van der Waals surface area contributed by atoms with Gasteiger partial charge in [-0.25, -0.2) is 9.18 Å². The minimum Gasteiger partial charge on any atom is -0.333 e. The summed E-state index contributed by atoms with van der Waals surface area (Å²) in [4.78, 5) is 32.1. The third-order valence-corrected chi connectivity index (χ3v) is 6.68. The Hall–Kier alpha value is -3.71. The van der Waals surface area contributed by atoms with Crippen LogP contribution in [0.2, 0.25) is 0 Å². The van der Waals surface area contributed by atoms with Crippen molar-refractivity contribution in [1.82, 2.24) is 14.7 Å². The van der Waals surface area contributed by atoms with Crippen LogP contribution in [0.15, 0.2) is 72.8 Å². The predicted octanol–water partition coefficient (Wildman–Crippen LogP) is 4.93. The Morgan fingerprint density at radius 3 is 2.17 bits per heavy atom. The lowest BCUT2D eigenvalue weighted by Crippen LogP contribution is -2.51. The summed E-state index contributed by atoms with van der Waals surface area (Å²) in [5, 5.41) is 3.00. The molecule has 0 unspecified atom stereocenters. The molecule has 0 aromatic heterocycles. The standard InChI is InChI=1S/C29H33FN4O2/c1-22-7-3-5-9-26(22)28(35)34(21-24-11-13-25(30)14-12-24)20-17-32-15-18-33(19-16-32)29(36)31-27-10-6-4-8-23(27)2/h3-14H,15-21H2,1-2H3,(H,31,36). The molecular weight excluding hydrogens is 455 g/mol. The first-order chi connectivity index (χ1) is 17.4. The fraction of sp³-hybridized carbons (Fsp3) is 0.310. The van der Waals surface area contributed by atoms with Crippen molar-refractivity contribution in [2.75, 3.05) is 44.6 Å². The molecule has 0 saturated carbocycles. The number of carbonyl (C=O) groups excluding carboxylic acids is 2. The van der Waals surface area contributed by atoms with Crippen molar-refractivity contribution in [3.05, 3.63) is 101 Å². The van der Waals surface area contributed by atoms with E-state index in [0.717, 1.165) is 35.5 Å². The van der Waals surface area contributed by atoms with Gasteiger partial charge in [-0.1, -0.05) is 48.5 Å². The van der Waals surface area contributed by atoms with Crippen molar-refractivity contribution >= 4 is 17.6 Å². The van der Waals surface area contributed by atoms with Crippen LogP contribution >= 0.6 is 0 Å². The van der Waals surface area contributed by atoms with Crippen molar-refractivity contribution in [3.8, 4) is 0 Å². The second-order valence-electron chi connectivity index (χ2n) is 9.24. The van der Waals surface area contributed by atoms with Crippen LogP contribution in [0.5, 0.6) is 0 Å². The third kappa shape index (κ3) is 6.49. The van der Waals surface area contributed by atoms with Gasteiger partial charge in [0.25, 0.3) is 5.91 Å².